The Labute approximate surface area is 186 Å². The van der Waals surface area contributed by atoms with E-state index in [4.69, 9.17) is 33.7 Å². The summed E-state index contributed by atoms with van der Waals surface area (Å²) in [5.41, 5.74) is 7.39. The topological polar surface area (TPSA) is 87.8 Å². The number of nitrogens with two attached hydrogens (primary N) is 1. The number of hydrogen-bond donors (Lipinski definition) is 3. The maximum Gasteiger partial charge on any atom is 0.255 e. The molecule has 0 aromatic heterocycles. The van der Waals surface area contributed by atoms with Crippen molar-refractivity contribution in [1.29, 1.82) is 0 Å². The highest BCUT2D eigenvalue weighted by atomic mass is 35.5. The van der Waals surface area contributed by atoms with Crippen molar-refractivity contribution in [2.75, 3.05) is 39.0 Å². The van der Waals surface area contributed by atoms with Crippen LogP contribution in [0.2, 0.25) is 10.0 Å². The van der Waals surface area contributed by atoms with Gasteiger partial charge in [-0.05, 0) is 55.6 Å². The number of likely N-dealkylation sites (tertiary alicyclic amines) is 1. The molecule has 1 heterocycles. The van der Waals surface area contributed by atoms with Crippen LogP contribution in [0.3, 0.4) is 0 Å². The van der Waals surface area contributed by atoms with Gasteiger partial charge in [-0.25, -0.2) is 0 Å². The van der Waals surface area contributed by atoms with Gasteiger partial charge in [0.05, 0.1) is 29.5 Å². The summed E-state index contributed by atoms with van der Waals surface area (Å²) in [6.07, 6.45) is 1.36. The van der Waals surface area contributed by atoms with Crippen LogP contribution in [0.5, 0.6) is 5.75 Å². The molecule has 1 atom stereocenters. The molecule has 162 valence electrons. The first-order chi connectivity index (χ1) is 14.4. The number of benzene rings is 2. The third kappa shape index (κ3) is 5.79. The number of aliphatic hydroxyl groups is 1. The molecule has 0 bridgehead atoms. The molecular formula is C22H27Cl2N3O3. The van der Waals surface area contributed by atoms with Crippen LogP contribution < -0.4 is 15.8 Å². The van der Waals surface area contributed by atoms with E-state index in [0.29, 0.717) is 46.1 Å². The third-order valence-corrected chi connectivity index (χ3v) is 6.09. The first-order valence-electron chi connectivity index (χ1n) is 9.94. The lowest BCUT2D eigenvalue weighted by molar-refractivity contribution is 0.0851. The van der Waals surface area contributed by atoms with Crippen molar-refractivity contribution >= 4 is 34.8 Å². The Hall–Kier alpha value is -1.99. The predicted molar refractivity (Wildman–Crippen MR) is 120 cm³/mol. The Morgan fingerprint density at radius 3 is 2.57 bits per heavy atom. The van der Waals surface area contributed by atoms with E-state index < -0.39 is 6.10 Å². The fourth-order valence-electron chi connectivity index (χ4n) is 3.66. The molecule has 0 saturated carbocycles. The molecular weight excluding hydrogens is 425 g/mol. The van der Waals surface area contributed by atoms with Gasteiger partial charge in [-0.3, -0.25) is 4.79 Å². The number of nitrogens with one attached hydrogen (secondary N) is 1. The summed E-state index contributed by atoms with van der Waals surface area (Å²) in [6.45, 7) is 2.92. The number of halogens is 2. The number of amides is 1. The fourth-order valence-corrected chi connectivity index (χ4v) is 3.95. The van der Waals surface area contributed by atoms with Crippen LogP contribution in [0, 0.1) is 5.92 Å². The molecule has 1 unspecified atom stereocenters. The second-order valence-corrected chi connectivity index (χ2v) is 8.44. The zero-order valence-corrected chi connectivity index (χ0v) is 18.4. The Morgan fingerprint density at radius 2 is 1.93 bits per heavy atom. The van der Waals surface area contributed by atoms with Gasteiger partial charge < -0.3 is 25.8 Å². The van der Waals surface area contributed by atoms with Crippen LogP contribution in [0.4, 0.5) is 5.69 Å². The van der Waals surface area contributed by atoms with Gasteiger partial charge in [0.1, 0.15) is 5.75 Å². The Morgan fingerprint density at radius 1 is 1.27 bits per heavy atom. The molecule has 2 aromatic carbocycles. The van der Waals surface area contributed by atoms with E-state index in [2.05, 4.69) is 10.2 Å². The summed E-state index contributed by atoms with van der Waals surface area (Å²) in [5.74, 6) is 0.558. The summed E-state index contributed by atoms with van der Waals surface area (Å²) < 4.78 is 5.25. The molecule has 4 N–H and O–H groups in total. The SMILES string of the molecule is COc1cc(N)c(Cl)cc1C(=O)NCC1CCN(CC(O)c2ccc(Cl)cc2)CC1. The highest BCUT2D eigenvalue weighted by Gasteiger charge is 2.23. The largest absolute Gasteiger partial charge is 0.496 e. The highest BCUT2D eigenvalue weighted by Crippen LogP contribution is 2.29. The molecule has 1 amide bonds. The van der Waals surface area contributed by atoms with Crippen LogP contribution >= 0.6 is 23.2 Å². The van der Waals surface area contributed by atoms with Gasteiger partial charge in [0, 0.05) is 24.2 Å². The Bertz CT molecular complexity index is 869. The van der Waals surface area contributed by atoms with E-state index in [9.17, 15) is 9.90 Å². The molecule has 0 spiro atoms. The van der Waals surface area contributed by atoms with Crippen LogP contribution in [0.15, 0.2) is 36.4 Å². The number of β-amino-alcohol motifs (C(OH)–C–C–N with tert-alkyl or cyclic N) is 1. The van der Waals surface area contributed by atoms with Gasteiger partial charge in [-0.2, -0.15) is 0 Å². The molecule has 2 aromatic rings. The maximum absolute atomic E-state index is 12.6. The number of carbonyl (C=O) groups is 1. The minimum Gasteiger partial charge on any atom is -0.496 e. The lowest BCUT2D eigenvalue weighted by Crippen LogP contribution is -2.40. The minimum atomic E-state index is -0.541. The normalized spacial score (nSPS) is 16.3. The first kappa shape index (κ1) is 22.7. The Kier molecular flexibility index (Phi) is 7.83. The van der Waals surface area contributed by atoms with Crippen LogP contribution in [0.25, 0.3) is 0 Å². The monoisotopic (exact) mass is 451 g/mol. The number of methoxy groups -OCH3 is 1. The lowest BCUT2D eigenvalue weighted by atomic mass is 9.96. The number of nitrogen functional groups attached to an aromatic ring is 1. The predicted octanol–water partition coefficient (Wildman–Crippen LogP) is 3.76. The number of ether oxygens (including phenoxy) is 1. The number of aliphatic hydroxyl groups excluding tert-OH is 1. The molecule has 30 heavy (non-hydrogen) atoms. The standard InChI is InChI=1S/C22H27Cl2N3O3/c1-30-21-11-19(25)18(24)10-17(21)22(29)26-12-14-6-8-27(9-7-14)13-20(28)15-2-4-16(23)5-3-15/h2-5,10-11,14,20,28H,6-9,12-13,25H2,1H3,(H,26,29). The molecule has 1 aliphatic heterocycles. The number of hydrogen-bond acceptors (Lipinski definition) is 5. The number of rotatable bonds is 7. The van der Waals surface area contributed by atoms with Gasteiger partial charge in [0.25, 0.3) is 5.91 Å². The van der Waals surface area contributed by atoms with Crippen molar-refractivity contribution in [3.05, 3.63) is 57.6 Å². The van der Waals surface area contributed by atoms with Gasteiger partial charge in [-0.15, -0.1) is 0 Å². The van der Waals surface area contributed by atoms with Crippen LogP contribution in [-0.4, -0.2) is 49.2 Å². The molecule has 8 heteroatoms. The molecule has 3 rings (SSSR count). The number of carbonyl (C=O) groups excluding carboxylic acids is 1. The molecule has 1 saturated heterocycles. The smallest absolute Gasteiger partial charge is 0.255 e. The summed E-state index contributed by atoms with van der Waals surface area (Å²) in [7, 11) is 1.49. The minimum absolute atomic E-state index is 0.227. The van der Waals surface area contributed by atoms with Crippen molar-refractivity contribution in [3.8, 4) is 5.75 Å². The van der Waals surface area contributed by atoms with Crippen LogP contribution in [0.1, 0.15) is 34.9 Å². The van der Waals surface area contributed by atoms with E-state index in [0.717, 1.165) is 31.5 Å². The zero-order valence-electron chi connectivity index (χ0n) is 16.9. The quantitative estimate of drug-likeness (QED) is 0.557. The summed E-state index contributed by atoms with van der Waals surface area (Å²) >= 11 is 12.0. The fraction of sp³-hybridized carbons (Fsp3) is 0.409. The number of anilines is 1. The number of piperidine rings is 1. The molecule has 1 aliphatic rings. The van der Waals surface area contributed by atoms with Gasteiger partial charge >= 0.3 is 0 Å². The summed E-state index contributed by atoms with van der Waals surface area (Å²) in [5, 5.41) is 14.4. The van der Waals surface area contributed by atoms with Crippen molar-refractivity contribution in [2.45, 2.75) is 18.9 Å². The van der Waals surface area contributed by atoms with Crippen molar-refractivity contribution in [3.63, 3.8) is 0 Å². The van der Waals surface area contributed by atoms with Crippen molar-refractivity contribution in [2.24, 2.45) is 5.92 Å². The average molecular weight is 452 g/mol. The highest BCUT2D eigenvalue weighted by molar-refractivity contribution is 6.33. The average Bonchev–Trinajstić information content (AvgIpc) is 2.75. The zero-order chi connectivity index (χ0) is 21.7. The Balaban J connectivity index is 1.46. The van der Waals surface area contributed by atoms with E-state index in [1.165, 1.54) is 13.2 Å². The lowest BCUT2D eigenvalue weighted by Gasteiger charge is -2.33. The second kappa shape index (κ2) is 10.4. The van der Waals surface area contributed by atoms with Crippen molar-refractivity contribution < 1.29 is 14.6 Å². The summed E-state index contributed by atoms with van der Waals surface area (Å²) in [6, 6.07) is 10.4. The molecule has 1 fully saturated rings. The van der Waals surface area contributed by atoms with E-state index in [1.54, 1.807) is 18.2 Å². The van der Waals surface area contributed by atoms with Crippen molar-refractivity contribution in [1.82, 2.24) is 10.2 Å². The second-order valence-electron chi connectivity index (χ2n) is 7.60. The number of nitrogens with zero attached hydrogens (tertiary/aromatic N) is 1. The maximum atomic E-state index is 12.6. The van der Waals surface area contributed by atoms with E-state index in [-0.39, 0.29) is 5.91 Å². The van der Waals surface area contributed by atoms with E-state index >= 15 is 0 Å². The van der Waals surface area contributed by atoms with E-state index in [1.807, 2.05) is 12.1 Å². The van der Waals surface area contributed by atoms with Gasteiger partial charge in [-0.1, -0.05) is 35.3 Å². The van der Waals surface area contributed by atoms with Gasteiger partial charge in [0.15, 0.2) is 0 Å². The van der Waals surface area contributed by atoms with Gasteiger partial charge in [0.2, 0.25) is 0 Å². The third-order valence-electron chi connectivity index (χ3n) is 5.51. The molecule has 0 radical (unpaired) electrons. The molecule has 6 nitrogen and oxygen atoms in total. The first-order valence-corrected chi connectivity index (χ1v) is 10.7. The molecule has 0 aliphatic carbocycles. The van der Waals surface area contributed by atoms with Crippen LogP contribution in [-0.2, 0) is 0 Å². The summed E-state index contributed by atoms with van der Waals surface area (Å²) in [4.78, 5) is 14.8.